The fourth-order valence-corrected chi connectivity index (χ4v) is 2.80. The number of hydrogen-bond acceptors (Lipinski definition) is 3. The van der Waals surface area contributed by atoms with Crippen LogP contribution in [0.15, 0.2) is 35.7 Å². The zero-order valence-electron chi connectivity index (χ0n) is 10.8. The van der Waals surface area contributed by atoms with Crippen LogP contribution in [0.3, 0.4) is 0 Å². The predicted molar refractivity (Wildman–Crippen MR) is 80.7 cm³/mol. The minimum Gasteiger partial charge on any atom is -0.398 e. The molecule has 0 spiro atoms. The molecule has 2 rings (SSSR count). The summed E-state index contributed by atoms with van der Waals surface area (Å²) in [5, 5.41) is 2.51. The molecule has 1 atom stereocenters. The molecule has 2 N–H and O–H groups in total. The zero-order valence-corrected chi connectivity index (χ0v) is 12.3. The molecule has 100 valence electrons. The van der Waals surface area contributed by atoms with Gasteiger partial charge in [0.15, 0.2) is 0 Å². The van der Waals surface area contributed by atoms with E-state index in [-0.39, 0.29) is 11.9 Å². The second kappa shape index (κ2) is 5.63. The molecule has 0 fully saturated rings. The van der Waals surface area contributed by atoms with Crippen LogP contribution in [0.5, 0.6) is 0 Å². The topological polar surface area (TPSA) is 46.3 Å². The standard InChI is InChI=1S/C14H15ClN2OS/c1-9(13-4-3-7-19-13)17(2)14(18)11-8-10(15)5-6-12(11)16/h3-9H,16H2,1-2H3. The lowest BCUT2D eigenvalue weighted by molar-refractivity contribution is 0.0746. The van der Waals surface area contributed by atoms with E-state index in [0.29, 0.717) is 16.3 Å². The van der Waals surface area contributed by atoms with Crippen molar-refractivity contribution in [3.05, 3.63) is 51.2 Å². The molecule has 0 saturated heterocycles. The number of amides is 1. The molecule has 1 amide bonds. The van der Waals surface area contributed by atoms with Gasteiger partial charge in [0.25, 0.3) is 5.91 Å². The first kappa shape index (κ1) is 13.9. The van der Waals surface area contributed by atoms with Crippen molar-refractivity contribution in [1.82, 2.24) is 4.90 Å². The number of halogens is 1. The maximum Gasteiger partial charge on any atom is 0.256 e. The second-order valence-electron chi connectivity index (χ2n) is 4.34. The van der Waals surface area contributed by atoms with Crippen molar-refractivity contribution < 1.29 is 4.79 Å². The van der Waals surface area contributed by atoms with Crippen molar-refractivity contribution in [2.45, 2.75) is 13.0 Å². The summed E-state index contributed by atoms with van der Waals surface area (Å²) in [4.78, 5) is 15.3. The van der Waals surface area contributed by atoms with Crippen molar-refractivity contribution in [2.75, 3.05) is 12.8 Å². The van der Waals surface area contributed by atoms with Gasteiger partial charge in [-0.3, -0.25) is 4.79 Å². The molecule has 0 radical (unpaired) electrons. The van der Waals surface area contributed by atoms with Crippen molar-refractivity contribution in [3.8, 4) is 0 Å². The highest BCUT2D eigenvalue weighted by Crippen LogP contribution is 2.27. The van der Waals surface area contributed by atoms with Gasteiger partial charge in [-0.2, -0.15) is 0 Å². The Morgan fingerprint density at radius 2 is 2.16 bits per heavy atom. The highest BCUT2D eigenvalue weighted by Gasteiger charge is 2.21. The summed E-state index contributed by atoms with van der Waals surface area (Å²) >= 11 is 7.55. The van der Waals surface area contributed by atoms with Crippen LogP contribution in [0, 0.1) is 0 Å². The van der Waals surface area contributed by atoms with E-state index < -0.39 is 0 Å². The van der Waals surface area contributed by atoms with Gasteiger partial charge in [0.2, 0.25) is 0 Å². The van der Waals surface area contributed by atoms with Gasteiger partial charge in [0, 0.05) is 22.6 Å². The first-order chi connectivity index (χ1) is 9.00. The Morgan fingerprint density at radius 3 is 2.79 bits per heavy atom. The lowest BCUT2D eigenvalue weighted by Crippen LogP contribution is -2.29. The molecule has 3 nitrogen and oxygen atoms in total. The van der Waals surface area contributed by atoms with Crippen molar-refractivity contribution in [2.24, 2.45) is 0 Å². The van der Waals surface area contributed by atoms with Crippen LogP contribution >= 0.6 is 22.9 Å². The maximum atomic E-state index is 12.4. The smallest absolute Gasteiger partial charge is 0.256 e. The molecule has 19 heavy (non-hydrogen) atoms. The molecule has 2 aromatic rings. The van der Waals surface area contributed by atoms with E-state index in [1.165, 1.54) is 0 Å². The highest BCUT2D eigenvalue weighted by molar-refractivity contribution is 7.10. The third kappa shape index (κ3) is 2.91. The number of anilines is 1. The highest BCUT2D eigenvalue weighted by atomic mass is 35.5. The lowest BCUT2D eigenvalue weighted by Gasteiger charge is -2.24. The van der Waals surface area contributed by atoms with Gasteiger partial charge in [-0.15, -0.1) is 11.3 Å². The molecule has 5 heteroatoms. The Morgan fingerprint density at radius 1 is 1.42 bits per heavy atom. The Balaban J connectivity index is 2.26. The van der Waals surface area contributed by atoms with Crippen LogP contribution in [0.2, 0.25) is 5.02 Å². The van der Waals surface area contributed by atoms with Crippen molar-refractivity contribution >= 4 is 34.5 Å². The predicted octanol–water partition coefficient (Wildman–Crippen LogP) is 3.82. The van der Waals surface area contributed by atoms with Gasteiger partial charge < -0.3 is 10.6 Å². The minimum absolute atomic E-state index is 0.00545. The molecule has 1 aromatic carbocycles. The van der Waals surface area contributed by atoms with Gasteiger partial charge in [0.1, 0.15) is 0 Å². The third-order valence-electron chi connectivity index (χ3n) is 3.10. The second-order valence-corrected chi connectivity index (χ2v) is 5.75. The molecule has 0 saturated carbocycles. The Bertz CT molecular complexity index is 583. The first-order valence-electron chi connectivity index (χ1n) is 5.86. The fourth-order valence-electron chi connectivity index (χ4n) is 1.80. The molecule has 0 aliphatic carbocycles. The van der Waals surface area contributed by atoms with Crippen LogP contribution in [-0.4, -0.2) is 17.9 Å². The average Bonchev–Trinajstić information content (AvgIpc) is 2.93. The number of nitrogens with zero attached hydrogens (tertiary/aromatic N) is 1. The van der Waals surface area contributed by atoms with E-state index in [4.69, 9.17) is 17.3 Å². The molecular formula is C14H15ClN2OS. The van der Waals surface area contributed by atoms with Gasteiger partial charge in [-0.05, 0) is 36.6 Å². The Kier molecular flexibility index (Phi) is 4.12. The van der Waals surface area contributed by atoms with Crippen LogP contribution in [0.4, 0.5) is 5.69 Å². The van der Waals surface area contributed by atoms with Crippen LogP contribution < -0.4 is 5.73 Å². The van der Waals surface area contributed by atoms with Gasteiger partial charge in [-0.1, -0.05) is 17.7 Å². The van der Waals surface area contributed by atoms with Gasteiger partial charge in [0.05, 0.1) is 11.6 Å². The number of hydrogen-bond donors (Lipinski definition) is 1. The fraction of sp³-hybridized carbons (Fsp3) is 0.214. The minimum atomic E-state index is -0.124. The van der Waals surface area contributed by atoms with E-state index in [1.807, 2.05) is 24.4 Å². The molecule has 1 unspecified atom stereocenters. The number of nitrogen functional groups attached to an aromatic ring is 1. The van der Waals surface area contributed by atoms with Gasteiger partial charge >= 0.3 is 0 Å². The maximum absolute atomic E-state index is 12.4. The van der Waals surface area contributed by atoms with Gasteiger partial charge in [-0.25, -0.2) is 0 Å². The summed E-state index contributed by atoms with van der Waals surface area (Å²) in [6.07, 6.45) is 0. The van der Waals surface area contributed by atoms with Crippen LogP contribution in [-0.2, 0) is 0 Å². The number of rotatable bonds is 3. The molecule has 0 aliphatic heterocycles. The number of carbonyl (C=O) groups is 1. The summed E-state index contributed by atoms with van der Waals surface area (Å²) in [5.41, 5.74) is 6.73. The average molecular weight is 295 g/mol. The summed E-state index contributed by atoms with van der Waals surface area (Å²) in [7, 11) is 1.77. The zero-order chi connectivity index (χ0) is 14.0. The summed E-state index contributed by atoms with van der Waals surface area (Å²) in [5.74, 6) is -0.124. The largest absolute Gasteiger partial charge is 0.398 e. The number of carbonyl (C=O) groups excluding carboxylic acids is 1. The molecule has 0 bridgehead atoms. The lowest BCUT2D eigenvalue weighted by atomic mass is 10.1. The molecule has 1 heterocycles. The van der Waals surface area contributed by atoms with Crippen molar-refractivity contribution in [1.29, 1.82) is 0 Å². The molecular weight excluding hydrogens is 280 g/mol. The number of thiophene rings is 1. The third-order valence-corrected chi connectivity index (χ3v) is 4.38. The number of nitrogens with two attached hydrogens (primary N) is 1. The van der Waals surface area contributed by atoms with E-state index in [1.54, 1.807) is 41.5 Å². The van der Waals surface area contributed by atoms with Crippen molar-refractivity contribution in [3.63, 3.8) is 0 Å². The van der Waals surface area contributed by atoms with Crippen LogP contribution in [0.1, 0.15) is 28.2 Å². The quantitative estimate of drug-likeness (QED) is 0.875. The molecule has 1 aromatic heterocycles. The molecule has 0 aliphatic rings. The number of benzene rings is 1. The van der Waals surface area contributed by atoms with Crippen LogP contribution in [0.25, 0.3) is 0 Å². The van der Waals surface area contributed by atoms with E-state index in [2.05, 4.69) is 0 Å². The normalized spacial score (nSPS) is 12.2. The Labute approximate surface area is 121 Å². The van der Waals surface area contributed by atoms with E-state index in [0.717, 1.165) is 4.88 Å². The monoisotopic (exact) mass is 294 g/mol. The summed E-state index contributed by atoms with van der Waals surface area (Å²) < 4.78 is 0. The SMILES string of the molecule is CC(c1cccs1)N(C)C(=O)c1cc(Cl)ccc1N. The Hall–Kier alpha value is -1.52. The summed E-state index contributed by atoms with van der Waals surface area (Å²) in [6.45, 7) is 1.99. The first-order valence-corrected chi connectivity index (χ1v) is 7.12. The van der Waals surface area contributed by atoms with E-state index >= 15 is 0 Å². The summed E-state index contributed by atoms with van der Waals surface area (Å²) in [6, 6.07) is 8.93. The van der Waals surface area contributed by atoms with E-state index in [9.17, 15) is 4.79 Å².